The minimum Gasteiger partial charge on any atom is -0.366 e. The third kappa shape index (κ3) is 1.92. The molecule has 0 saturated carbocycles. The van der Waals surface area contributed by atoms with Crippen LogP contribution in [0.25, 0.3) is 11.4 Å². The van der Waals surface area contributed by atoms with Crippen LogP contribution in [0.15, 0.2) is 24.3 Å². The van der Waals surface area contributed by atoms with E-state index in [1.807, 2.05) is 0 Å². The molecule has 0 atom stereocenters. The summed E-state index contributed by atoms with van der Waals surface area (Å²) in [7, 11) is 0. The van der Waals surface area contributed by atoms with Crippen LogP contribution in [0.3, 0.4) is 0 Å². The first-order valence-electron chi connectivity index (χ1n) is 4.40. The number of nitrogen functional groups attached to an aromatic ring is 1. The molecule has 0 aliphatic rings. The Bertz CT molecular complexity index is 507. The second-order valence-corrected chi connectivity index (χ2v) is 3.02. The summed E-state index contributed by atoms with van der Waals surface area (Å²) in [6.07, 6.45) is 0. The molecule has 2 aromatic rings. The van der Waals surface area contributed by atoms with Crippen LogP contribution in [0.1, 0.15) is 10.4 Å². The number of carbonyl (C=O) groups excluding carboxylic acids is 1. The van der Waals surface area contributed by atoms with Crippen LogP contribution in [0.5, 0.6) is 0 Å². The number of carbonyl (C=O) groups is 1. The molecule has 80 valence electrons. The largest absolute Gasteiger partial charge is 0.366 e. The van der Waals surface area contributed by atoms with E-state index >= 15 is 0 Å². The van der Waals surface area contributed by atoms with Crippen LogP contribution in [0, 0.1) is 0 Å². The Labute approximate surface area is 90.5 Å². The molecule has 0 bridgehead atoms. The number of rotatable bonds is 2. The molecule has 2 rings (SSSR count). The van der Waals surface area contributed by atoms with Crippen molar-refractivity contribution in [3.8, 4) is 11.4 Å². The van der Waals surface area contributed by atoms with Gasteiger partial charge < -0.3 is 11.5 Å². The maximum atomic E-state index is 10.8. The van der Waals surface area contributed by atoms with Crippen molar-refractivity contribution in [1.82, 2.24) is 20.4 Å². The van der Waals surface area contributed by atoms with Crippen molar-refractivity contribution in [2.75, 3.05) is 5.73 Å². The Balaban J connectivity index is 2.34. The number of hydrogen-bond donors (Lipinski definition) is 2. The van der Waals surface area contributed by atoms with E-state index in [0.717, 1.165) is 0 Å². The summed E-state index contributed by atoms with van der Waals surface area (Å²) in [5.74, 6) is -0.135. The fourth-order valence-corrected chi connectivity index (χ4v) is 1.14. The number of primary amides is 1. The van der Waals surface area contributed by atoms with Crippen molar-refractivity contribution in [1.29, 1.82) is 0 Å². The summed E-state index contributed by atoms with van der Waals surface area (Å²) in [6, 6.07) is 6.48. The zero-order valence-corrected chi connectivity index (χ0v) is 8.16. The predicted octanol–water partition coefficient (Wildman–Crippen LogP) is -0.385. The van der Waals surface area contributed by atoms with Crippen molar-refractivity contribution in [3.05, 3.63) is 29.8 Å². The molecule has 1 aromatic carbocycles. The van der Waals surface area contributed by atoms with Gasteiger partial charge in [-0.3, -0.25) is 4.79 Å². The third-order valence-electron chi connectivity index (χ3n) is 1.92. The third-order valence-corrected chi connectivity index (χ3v) is 1.92. The molecular weight excluding hydrogens is 208 g/mol. The summed E-state index contributed by atoms with van der Waals surface area (Å²) < 4.78 is 0. The highest BCUT2D eigenvalue weighted by atomic mass is 16.1. The first kappa shape index (κ1) is 9.97. The normalized spacial score (nSPS) is 10.0. The average Bonchev–Trinajstić information content (AvgIpc) is 2.30. The van der Waals surface area contributed by atoms with Crippen molar-refractivity contribution in [2.45, 2.75) is 0 Å². The molecule has 7 nitrogen and oxygen atoms in total. The minimum atomic E-state index is -0.485. The highest BCUT2D eigenvalue weighted by molar-refractivity contribution is 5.93. The van der Waals surface area contributed by atoms with Crippen LogP contribution in [0.2, 0.25) is 0 Å². The fourth-order valence-electron chi connectivity index (χ4n) is 1.14. The van der Waals surface area contributed by atoms with Gasteiger partial charge in [-0.2, -0.15) is 0 Å². The van der Waals surface area contributed by atoms with Gasteiger partial charge in [0.15, 0.2) is 0 Å². The predicted molar refractivity (Wildman–Crippen MR) is 56.0 cm³/mol. The molecule has 7 heteroatoms. The van der Waals surface area contributed by atoms with Gasteiger partial charge in [0.25, 0.3) is 5.95 Å². The molecule has 4 N–H and O–H groups in total. The summed E-state index contributed by atoms with van der Waals surface area (Å²) in [5, 5.41) is 14.7. The number of benzene rings is 1. The van der Waals surface area contributed by atoms with Gasteiger partial charge in [-0.1, -0.05) is 12.1 Å². The fraction of sp³-hybridized carbons (Fsp3) is 0. The van der Waals surface area contributed by atoms with Gasteiger partial charge in [-0.05, 0) is 12.1 Å². The van der Waals surface area contributed by atoms with E-state index in [4.69, 9.17) is 11.5 Å². The van der Waals surface area contributed by atoms with Crippen LogP contribution in [0.4, 0.5) is 5.95 Å². The molecule has 1 amide bonds. The van der Waals surface area contributed by atoms with Crippen LogP contribution < -0.4 is 11.5 Å². The monoisotopic (exact) mass is 216 g/mol. The van der Waals surface area contributed by atoms with E-state index in [1.54, 1.807) is 24.3 Å². The van der Waals surface area contributed by atoms with Gasteiger partial charge in [0.2, 0.25) is 11.7 Å². The van der Waals surface area contributed by atoms with Crippen LogP contribution in [-0.2, 0) is 0 Å². The van der Waals surface area contributed by atoms with E-state index < -0.39 is 5.91 Å². The van der Waals surface area contributed by atoms with Crippen LogP contribution in [-0.4, -0.2) is 26.3 Å². The lowest BCUT2D eigenvalue weighted by molar-refractivity contribution is 0.100. The standard InChI is InChI=1S/C9H8N6O/c10-7(16)5-1-3-6(4-2-5)8-12-14-9(11)15-13-8/h1-4H,(H2,10,16)(H2,11,14,15). The molecule has 0 unspecified atom stereocenters. The molecule has 1 heterocycles. The quantitative estimate of drug-likeness (QED) is 0.705. The number of amides is 1. The summed E-state index contributed by atoms with van der Waals surface area (Å²) >= 11 is 0. The van der Waals surface area contributed by atoms with Gasteiger partial charge in [-0.25, -0.2) is 0 Å². The Kier molecular flexibility index (Phi) is 2.42. The molecule has 0 radical (unpaired) electrons. The molecule has 0 aliphatic carbocycles. The lowest BCUT2D eigenvalue weighted by atomic mass is 10.1. The SMILES string of the molecule is NC(=O)c1ccc(-c2nnc(N)nn2)cc1. The smallest absolute Gasteiger partial charge is 0.259 e. The Morgan fingerprint density at radius 2 is 1.56 bits per heavy atom. The number of nitrogens with two attached hydrogens (primary N) is 2. The van der Waals surface area contributed by atoms with E-state index in [1.165, 1.54) is 0 Å². The summed E-state index contributed by atoms with van der Waals surface area (Å²) in [6.45, 7) is 0. The van der Waals surface area contributed by atoms with Crippen LogP contribution >= 0.6 is 0 Å². The molecule has 1 aromatic heterocycles. The second-order valence-electron chi connectivity index (χ2n) is 3.02. The van der Waals surface area contributed by atoms with Crippen molar-refractivity contribution >= 4 is 11.9 Å². The van der Waals surface area contributed by atoms with E-state index in [0.29, 0.717) is 17.0 Å². The Hall–Kier alpha value is -2.57. The number of aromatic nitrogens is 4. The number of hydrogen-bond acceptors (Lipinski definition) is 6. The highest BCUT2D eigenvalue weighted by Crippen LogP contribution is 2.13. The van der Waals surface area contributed by atoms with Gasteiger partial charge in [0, 0.05) is 11.1 Å². The number of nitrogens with zero attached hydrogens (tertiary/aromatic N) is 4. The maximum absolute atomic E-state index is 10.8. The number of anilines is 1. The van der Waals surface area contributed by atoms with Crippen molar-refractivity contribution in [2.24, 2.45) is 5.73 Å². The summed E-state index contributed by atoms with van der Waals surface area (Å²) in [5.41, 5.74) is 11.5. The zero-order chi connectivity index (χ0) is 11.5. The molecule has 0 aliphatic heterocycles. The van der Waals surface area contributed by atoms with E-state index in [9.17, 15) is 4.79 Å². The molecule has 16 heavy (non-hydrogen) atoms. The summed E-state index contributed by atoms with van der Waals surface area (Å²) in [4.78, 5) is 10.8. The molecular formula is C9H8N6O. The molecule has 0 spiro atoms. The maximum Gasteiger partial charge on any atom is 0.259 e. The lowest BCUT2D eigenvalue weighted by Gasteiger charge is -1.99. The second kappa shape index (κ2) is 3.89. The first-order valence-corrected chi connectivity index (χ1v) is 4.40. The Morgan fingerprint density at radius 3 is 2.06 bits per heavy atom. The van der Waals surface area contributed by atoms with Gasteiger partial charge in [-0.15, -0.1) is 20.4 Å². The lowest BCUT2D eigenvalue weighted by Crippen LogP contribution is -2.10. The molecule has 0 fully saturated rings. The van der Waals surface area contributed by atoms with Gasteiger partial charge in [0.05, 0.1) is 0 Å². The minimum absolute atomic E-state index is 0.0116. The van der Waals surface area contributed by atoms with Crippen molar-refractivity contribution in [3.63, 3.8) is 0 Å². The van der Waals surface area contributed by atoms with E-state index in [2.05, 4.69) is 20.4 Å². The van der Waals surface area contributed by atoms with Crippen molar-refractivity contribution < 1.29 is 4.79 Å². The average molecular weight is 216 g/mol. The zero-order valence-electron chi connectivity index (χ0n) is 8.16. The first-order chi connectivity index (χ1) is 7.66. The topological polar surface area (TPSA) is 121 Å². The van der Waals surface area contributed by atoms with E-state index in [-0.39, 0.29) is 5.95 Å². The molecule has 0 saturated heterocycles. The Morgan fingerprint density at radius 1 is 1.00 bits per heavy atom. The van der Waals surface area contributed by atoms with Gasteiger partial charge >= 0.3 is 0 Å². The highest BCUT2D eigenvalue weighted by Gasteiger charge is 2.04. The van der Waals surface area contributed by atoms with Gasteiger partial charge in [0.1, 0.15) is 0 Å².